The minimum absolute atomic E-state index is 0.425. The summed E-state index contributed by atoms with van der Waals surface area (Å²) >= 11 is 0. The van der Waals surface area contributed by atoms with E-state index in [0.717, 1.165) is 0 Å². The molecule has 1 aromatic rings. The molecular weight excluding hydrogens is 190 g/mol. The standard InChI is InChI=1S/C12H15NO2/c1-3-13(4-2)12(15)11(14)10-8-6-5-7-9-10/h5-9H,3-4H2,1-2H3. The molecule has 0 spiro atoms. The van der Waals surface area contributed by atoms with Crippen LogP contribution in [0.2, 0.25) is 0 Å². The van der Waals surface area contributed by atoms with E-state index in [-0.39, 0.29) is 0 Å². The number of ketones is 1. The lowest BCUT2D eigenvalue weighted by atomic mass is 10.1. The van der Waals surface area contributed by atoms with Crippen LogP contribution in [0.25, 0.3) is 0 Å². The first kappa shape index (κ1) is 11.4. The maximum absolute atomic E-state index is 11.7. The zero-order valence-corrected chi connectivity index (χ0v) is 9.06. The molecule has 0 aliphatic carbocycles. The first-order chi connectivity index (χ1) is 7.20. The van der Waals surface area contributed by atoms with Gasteiger partial charge in [0, 0.05) is 18.7 Å². The summed E-state index contributed by atoms with van der Waals surface area (Å²) in [5, 5.41) is 0. The second-order valence-electron chi connectivity index (χ2n) is 3.17. The van der Waals surface area contributed by atoms with E-state index in [1.807, 2.05) is 19.9 Å². The van der Waals surface area contributed by atoms with E-state index < -0.39 is 11.7 Å². The minimum Gasteiger partial charge on any atom is -0.336 e. The van der Waals surface area contributed by atoms with Crippen molar-refractivity contribution in [1.29, 1.82) is 0 Å². The molecule has 0 aromatic heterocycles. The van der Waals surface area contributed by atoms with Crippen LogP contribution in [0.1, 0.15) is 24.2 Å². The van der Waals surface area contributed by atoms with Gasteiger partial charge in [-0.15, -0.1) is 0 Å². The third-order valence-electron chi connectivity index (χ3n) is 2.28. The highest BCUT2D eigenvalue weighted by Gasteiger charge is 2.20. The van der Waals surface area contributed by atoms with Gasteiger partial charge in [-0.1, -0.05) is 30.3 Å². The summed E-state index contributed by atoms with van der Waals surface area (Å²) in [6.45, 7) is 4.85. The van der Waals surface area contributed by atoms with Crippen molar-refractivity contribution < 1.29 is 9.59 Å². The van der Waals surface area contributed by atoms with E-state index in [2.05, 4.69) is 0 Å². The van der Waals surface area contributed by atoms with Crippen molar-refractivity contribution in [3.05, 3.63) is 35.9 Å². The molecule has 0 saturated heterocycles. The zero-order valence-electron chi connectivity index (χ0n) is 9.06. The Morgan fingerprint density at radius 3 is 2.07 bits per heavy atom. The van der Waals surface area contributed by atoms with Gasteiger partial charge >= 0.3 is 0 Å². The number of benzene rings is 1. The van der Waals surface area contributed by atoms with Gasteiger partial charge in [-0.05, 0) is 13.8 Å². The Morgan fingerprint density at radius 2 is 1.60 bits per heavy atom. The van der Waals surface area contributed by atoms with Crippen LogP contribution in [0.4, 0.5) is 0 Å². The molecule has 0 unspecified atom stereocenters. The third-order valence-corrected chi connectivity index (χ3v) is 2.28. The summed E-state index contributed by atoms with van der Waals surface area (Å²) in [4.78, 5) is 24.9. The number of amides is 1. The summed E-state index contributed by atoms with van der Waals surface area (Å²) in [5.74, 6) is -0.856. The summed E-state index contributed by atoms with van der Waals surface area (Å²) in [5.41, 5.74) is 0.453. The van der Waals surface area contributed by atoms with Crippen molar-refractivity contribution in [2.45, 2.75) is 13.8 Å². The average Bonchev–Trinajstić information content (AvgIpc) is 2.30. The molecule has 3 nitrogen and oxygen atoms in total. The Hall–Kier alpha value is -1.64. The predicted octanol–water partition coefficient (Wildman–Crippen LogP) is 1.74. The average molecular weight is 205 g/mol. The van der Waals surface area contributed by atoms with Gasteiger partial charge in [-0.2, -0.15) is 0 Å². The molecule has 0 radical (unpaired) electrons. The van der Waals surface area contributed by atoms with Crippen molar-refractivity contribution in [3.8, 4) is 0 Å². The van der Waals surface area contributed by atoms with E-state index in [9.17, 15) is 9.59 Å². The van der Waals surface area contributed by atoms with Crippen LogP contribution < -0.4 is 0 Å². The smallest absolute Gasteiger partial charge is 0.294 e. The molecule has 0 aliphatic heterocycles. The van der Waals surface area contributed by atoms with E-state index in [1.165, 1.54) is 4.90 Å². The van der Waals surface area contributed by atoms with Crippen LogP contribution >= 0.6 is 0 Å². The lowest BCUT2D eigenvalue weighted by molar-refractivity contribution is -0.126. The SMILES string of the molecule is CCN(CC)C(=O)C(=O)c1ccccc1. The number of carbonyl (C=O) groups is 2. The number of Topliss-reactive ketones (excluding diaryl/α,β-unsaturated/α-hetero) is 1. The fraction of sp³-hybridized carbons (Fsp3) is 0.333. The highest BCUT2D eigenvalue weighted by molar-refractivity contribution is 6.42. The Morgan fingerprint density at radius 1 is 1.07 bits per heavy atom. The Labute approximate surface area is 89.7 Å². The monoisotopic (exact) mass is 205 g/mol. The van der Waals surface area contributed by atoms with Gasteiger partial charge < -0.3 is 4.90 Å². The summed E-state index contributed by atoms with van der Waals surface area (Å²) < 4.78 is 0. The summed E-state index contributed by atoms with van der Waals surface area (Å²) in [6.07, 6.45) is 0. The summed E-state index contributed by atoms with van der Waals surface area (Å²) in [7, 11) is 0. The molecule has 1 rings (SSSR count). The fourth-order valence-corrected chi connectivity index (χ4v) is 1.37. The number of rotatable bonds is 4. The quantitative estimate of drug-likeness (QED) is 0.554. The Bertz CT molecular complexity index is 342. The molecular formula is C12H15NO2. The third kappa shape index (κ3) is 2.65. The van der Waals surface area contributed by atoms with E-state index in [1.54, 1.807) is 24.3 Å². The molecule has 0 saturated carbocycles. The second-order valence-corrected chi connectivity index (χ2v) is 3.17. The minimum atomic E-state index is -0.431. The van der Waals surface area contributed by atoms with Gasteiger partial charge in [-0.3, -0.25) is 9.59 Å². The van der Waals surface area contributed by atoms with Gasteiger partial charge in [0.2, 0.25) is 5.78 Å². The van der Waals surface area contributed by atoms with Crippen molar-refractivity contribution in [3.63, 3.8) is 0 Å². The molecule has 3 heteroatoms. The molecule has 0 bridgehead atoms. The number of hydrogen-bond acceptors (Lipinski definition) is 2. The van der Waals surface area contributed by atoms with E-state index in [0.29, 0.717) is 18.7 Å². The van der Waals surface area contributed by atoms with Crippen LogP contribution in [-0.4, -0.2) is 29.7 Å². The molecule has 15 heavy (non-hydrogen) atoms. The largest absolute Gasteiger partial charge is 0.336 e. The van der Waals surface area contributed by atoms with Crippen LogP contribution in [0.15, 0.2) is 30.3 Å². The Kier molecular flexibility index (Phi) is 4.03. The molecule has 0 aliphatic rings. The molecule has 1 amide bonds. The van der Waals surface area contributed by atoms with Crippen LogP contribution in [0, 0.1) is 0 Å². The van der Waals surface area contributed by atoms with Crippen LogP contribution in [0.3, 0.4) is 0 Å². The summed E-state index contributed by atoms with van der Waals surface area (Å²) in [6, 6.07) is 8.64. The van der Waals surface area contributed by atoms with Gasteiger partial charge in [0.05, 0.1) is 0 Å². The molecule has 0 atom stereocenters. The topological polar surface area (TPSA) is 37.4 Å². The van der Waals surface area contributed by atoms with Gasteiger partial charge in [0.25, 0.3) is 5.91 Å². The maximum atomic E-state index is 11.7. The van der Waals surface area contributed by atoms with Gasteiger partial charge in [0.15, 0.2) is 0 Å². The van der Waals surface area contributed by atoms with E-state index >= 15 is 0 Å². The number of hydrogen-bond donors (Lipinski definition) is 0. The normalized spacial score (nSPS) is 9.73. The van der Waals surface area contributed by atoms with Crippen molar-refractivity contribution in [1.82, 2.24) is 4.90 Å². The highest BCUT2D eigenvalue weighted by atomic mass is 16.2. The van der Waals surface area contributed by atoms with Crippen LogP contribution in [0.5, 0.6) is 0 Å². The predicted molar refractivity (Wildman–Crippen MR) is 58.7 cm³/mol. The number of nitrogens with zero attached hydrogens (tertiary/aromatic N) is 1. The molecule has 0 fully saturated rings. The molecule has 0 N–H and O–H groups in total. The van der Waals surface area contributed by atoms with Gasteiger partial charge in [-0.25, -0.2) is 0 Å². The van der Waals surface area contributed by atoms with Crippen molar-refractivity contribution >= 4 is 11.7 Å². The van der Waals surface area contributed by atoms with Crippen molar-refractivity contribution in [2.24, 2.45) is 0 Å². The van der Waals surface area contributed by atoms with Crippen LogP contribution in [-0.2, 0) is 4.79 Å². The lowest BCUT2D eigenvalue weighted by Gasteiger charge is -2.17. The molecule has 80 valence electrons. The van der Waals surface area contributed by atoms with Gasteiger partial charge in [0.1, 0.15) is 0 Å². The maximum Gasteiger partial charge on any atom is 0.294 e. The zero-order chi connectivity index (χ0) is 11.3. The van der Waals surface area contributed by atoms with Crippen molar-refractivity contribution in [2.75, 3.05) is 13.1 Å². The number of carbonyl (C=O) groups excluding carboxylic acids is 2. The highest BCUT2D eigenvalue weighted by Crippen LogP contribution is 2.03. The Balaban J connectivity index is 2.82. The second kappa shape index (κ2) is 5.29. The fourth-order valence-electron chi connectivity index (χ4n) is 1.37. The molecule has 1 aromatic carbocycles. The lowest BCUT2D eigenvalue weighted by Crippen LogP contribution is -2.36. The first-order valence-corrected chi connectivity index (χ1v) is 5.09. The number of likely N-dealkylation sites (N-methyl/N-ethyl adjacent to an activating group) is 1. The molecule has 0 heterocycles. The van der Waals surface area contributed by atoms with E-state index in [4.69, 9.17) is 0 Å². The first-order valence-electron chi connectivity index (χ1n) is 5.09.